The second-order valence-corrected chi connectivity index (χ2v) is 7.82. The maximum atomic E-state index is 12.7. The van der Waals surface area contributed by atoms with E-state index in [0.717, 1.165) is 12.8 Å². The van der Waals surface area contributed by atoms with E-state index >= 15 is 0 Å². The summed E-state index contributed by atoms with van der Waals surface area (Å²) in [6, 6.07) is 17.7. The van der Waals surface area contributed by atoms with E-state index < -0.39 is 0 Å². The Hall–Kier alpha value is -2.55. The number of aryl methyl sites for hydroxylation is 2. The summed E-state index contributed by atoms with van der Waals surface area (Å²) in [6.45, 7) is 6.46. The van der Waals surface area contributed by atoms with Gasteiger partial charge in [0, 0.05) is 36.0 Å². The van der Waals surface area contributed by atoms with Gasteiger partial charge in [-0.05, 0) is 38.3 Å². The summed E-state index contributed by atoms with van der Waals surface area (Å²) in [7, 11) is 2.14. The van der Waals surface area contributed by atoms with Gasteiger partial charge in [0.05, 0.1) is 11.7 Å². The average Bonchev–Trinajstić information content (AvgIpc) is 3.20. The molecule has 1 fully saturated rings. The van der Waals surface area contributed by atoms with Crippen molar-refractivity contribution in [2.45, 2.75) is 52.1 Å². The lowest BCUT2D eigenvalue weighted by atomic mass is 9.96. The van der Waals surface area contributed by atoms with Crippen LogP contribution in [0.25, 0.3) is 22.2 Å². The monoisotopic (exact) mass is 360 g/mol. The lowest BCUT2D eigenvalue weighted by Crippen LogP contribution is -2.35. The Morgan fingerprint density at radius 2 is 1.81 bits per heavy atom. The molecule has 0 N–H and O–H groups in total. The molecule has 3 nitrogen and oxygen atoms in total. The van der Waals surface area contributed by atoms with Gasteiger partial charge in [-0.25, -0.2) is 0 Å². The fraction of sp³-hybridized carbons (Fsp3) is 0.375. The van der Waals surface area contributed by atoms with E-state index in [-0.39, 0.29) is 18.0 Å². The summed E-state index contributed by atoms with van der Waals surface area (Å²) in [4.78, 5) is 14.9. The molecule has 4 rings (SSSR count). The zero-order chi connectivity index (χ0) is 19.1. The van der Waals surface area contributed by atoms with Crippen molar-refractivity contribution in [1.82, 2.24) is 9.47 Å². The number of para-hydroxylation sites is 1. The van der Waals surface area contributed by atoms with Crippen LogP contribution in [0.2, 0.25) is 0 Å². The van der Waals surface area contributed by atoms with Crippen molar-refractivity contribution in [1.29, 1.82) is 0 Å². The molecular weight excluding hydrogens is 332 g/mol. The predicted octanol–water partition coefficient (Wildman–Crippen LogP) is 5.62. The minimum atomic E-state index is 0.148. The first kappa shape index (κ1) is 17.8. The van der Waals surface area contributed by atoms with Crippen molar-refractivity contribution < 1.29 is 4.79 Å². The van der Waals surface area contributed by atoms with Crippen molar-refractivity contribution >= 4 is 16.8 Å². The number of hydrogen-bond acceptors (Lipinski definition) is 1. The molecule has 1 aliphatic heterocycles. The van der Waals surface area contributed by atoms with Crippen LogP contribution in [-0.2, 0) is 11.8 Å². The molecular formula is C24H28N2O. The molecule has 1 amide bonds. The third kappa shape index (κ3) is 2.86. The summed E-state index contributed by atoms with van der Waals surface area (Å²) in [5.74, 6) is 0.289. The van der Waals surface area contributed by atoms with Gasteiger partial charge in [0.15, 0.2) is 0 Å². The first-order valence-electron chi connectivity index (χ1n) is 9.98. The molecule has 3 aromatic rings. The predicted molar refractivity (Wildman–Crippen MR) is 112 cm³/mol. The van der Waals surface area contributed by atoms with Crippen LogP contribution in [0.1, 0.15) is 50.3 Å². The van der Waals surface area contributed by atoms with E-state index in [2.05, 4.69) is 85.8 Å². The van der Waals surface area contributed by atoms with Crippen molar-refractivity contribution in [2.75, 3.05) is 0 Å². The zero-order valence-corrected chi connectivity index (χ0v) is 16.7. The maximum Gasteiger partial charge on any atom is 0.223 e. The Bertz CT molecular complexity index is 984. The highest BCUT2D eigenvalue weighted by Crippen LogP contribution is 2.44. The van der Waals surface area contributed by atoms with Gasteiger partial charge in [-0.3, -0.25) is 4.79 Å². The normalized spacial score (nSPS) is 18.4. The summed E-state index contributed by atoms with van der Waals surface area (Å²) in [6.07, 6.45) is 2.52. The SMILES string of the molecule is CC[C@H](C)N1C(=O)CC[C@@H]1c1c(-c2ccc(C)cc2)n(C)c2ccccc12. The molecule has 0 radical (unpaired) electrons. The molecule has 27 heavy (non-hydrogen) atoms. The molecule has 2 aromatic carbocycles. The third-order valence-electron chi connectivity index (χ3n) is 6.13. The summed E-state index contributed by atoms with van der Waals surface area (Å²) < 4.78 is 2.30. The van der Waals surface area contributed by atoms with E-state index in [1.807, 2.05) is 0 Å². The van der Waals surface area contributed by atoms with E-state index in [1.165, 1.54) is 33.3 Å². The van der Waals surface area contributed by atoms with Crippen LogP contribution in [0.3, 0.4) is 0 Å². The molecule has 0 spiro atoms. The highest BCUT2D eigenvalue weighted by molar-refractivity contribution is 5.93. The van der Waals surface area contributed by atoms with Gasteiger partial charge in [0.2, 0.25) is 5.91 Å². The first-order valence-corrected chi connectivity index (χ1v) is 9.98. The van der Waals surface area contributed by atoms with Gasteiger partial charge in [0.25, 0.3) is 0 Å². The van der Waals surface area contributed by atoms with Crippen LogP contribution in [0.4, 0.5) is 0 Å². The summed E-state index contributed by atoms with van der Waals surface area (Å²) >= 11 is 0. The van der Waals surface area contributed by atoms with E-state index in [9.17, 15) is 4.79 Å². The van der Waals surface area contributed by atoms with Gasteiger partial charge >= 0.3 is 0 Å². The fourth-order valence-electron chi connectivity index (χ4n) is 4.56. The van der Waals surface area contributed by atoms with Gasteiger partial charge in [-0.15, -0.1) is 0 Å². The molecule has 2 atom stereocenters. The van der Waals surface area contributed by atoms with Gasteiger partial charge in [0.1, 0.15) is 0 Å². The number of benzene rings is 2. The minimum absolute atomic E-state index is 0.148. The van der Waals surface area contributed by atoms with E-state index in [4.69, 9.17) is 0 Å². The molecule has 0 unspecified atom stereocenters. The quantitative estimate of drug-likeness (QED) is 0.593. The number of amides is 1. The summed E-state index contributed by atoms with van der Waals surface area (Å²) in [5, 5.41) is 1.27. The first-order chi connectivity index (χ1) is 13.0. The molecule has 1 aliphatic rings. The Morgan fingerprint density at radius 3 is 2.52 bits per heavy atom. The molecule has 2 heterocycles. The molecule has 1 saturated heterocycles. The average molecular weight is 361 g/mol. The number of carbonyl (C=O) groups is 1. The van der Waals surface area contributed by atoms with Crippen LogP contribution in [0.5, 0.6) is 0 Å². The Kier molecular flexibility index (Phi) is 4.55. The van der Waals surface area contributed by atoms with Crippen molar-refractivity contribution in [3.8, 4) is 11.3 Å². The van der Waals surface area contributed by atoms with Crippen LogP contribution in [0.15, 0.2) is 48.5 Å². The minimum Gasteiger partial charge on any atom is -0.343 e. The Morgan fingerprint density at radius 1 is 1.11 bits per heavy atom. The van der Waals surface area contributed by atoms with Crippen LogP contribution >= 0.6 is 0 Å². The van der Waals surface area contributed by atoms with Crippen LogP contribution < -0.4 is 0 Å². The topological polar surface area (TPSA) is 25.2 Å². The fourth-order valence-corrected chi connectivity index (χ4v) is 4.56. The Labute approximate surface area is 161 Å². The van der Waals surface area contributed by atoms with Gasteiger partial charge in [-0.1, -0.05) is 55.0 Å². The number of aromatic nitrogens is 1. The molecule has 3 heteroatoms. The van der Waals surface area contributed by atoms with Crippen molar-refractivity contribution in [2.24, 2.45) is 7.05 Å². The van der Waals surface area contributed by atoms with Gasteiger partial charge in [-0.2, -0.15) is 0 Å². The second kappa shape index (κ2) is 6.88. The maximum absolute atomic E-state index is 12.7. The number of hydrogen-bond donors (Lipinski definition) is 0. The lowest BCUT2D eigenvalue weighted by molar-refractivity contribution is -0.131. The number of likely N-dealkylation sites (tertiary alicyclic amines) is 1. The number of carbonyl (C=O) groups excluding carboxylic acids is 1. The highest BCUT2D eigenvalue weighted by Gasteiger charge is 2.38. The standard InChI is InChI=1S/C24H28N2O/c1-5-17(3)26-21(14-15-22(26)27)23-19-8-6-7-9-20(19)25(4)24(23)18-12-10-16(2)11-13-18/h6-13,17,21H,5,14-15H2,1-4H3/t17-,21+/m0/s1. The third-order valence-corrected chi connectivity index (χ3v) is 6.13. The number of rotatable bonds is 4. The second-order valence-electron chi connectivity index (χ2n) is 7.82. The van der Waals surface area contributed by atoms with Crippen molar-refractivity contribution in [3.05, 3.63) is 59.7 Å². The Balaban J connectivity index is 1.98. The summed E-state index contributed by atoms with van der Waals surface area (Å²) in [5.41, 5.74) is 6.26. The zero-order valence-electron chi connectivity index (χ0n) is 16.7. The van der Waals surface area contributed by atoms with Crippen LogP contribution in [-0.4, -0.2) is 21.4 Å². The molecule has 140 valence electrons. The van der Waals surface area contributed by atoms with Crippen LogP contribution in [0, 0.1) is 6.92 Å². The smallest absolute Gasteiger partial charge is 0.223 e. The van der Waals surface area contributed by atoms with E-state index in [0.29, 0.717) is 6.42 Å². The van der Waals surface area contributed by atoms with Gasteiger partial charge < -0.3 is 9.47 Å². The molecule has 0 bridgehead atoms. The van der Waals surface area contributed by atoms with E-state index in [1.54, 1.807) is 0 Å². The molecule has 1 aromatic heterocycles. The molecule has 0 saturated carbocycles. The number of fused-ring (bicyclic) bond motifs is 1. The largest absolute Gasteiger partial charge is 0.343 e. The van der Waals surface area contributed by atoms with Crippen molar-refractivity contribution in [3.63, 3.8) is 0 Å². The molecule has 0 aliphatic carbocycles. The number of nitrogens with zero attached hydrogens (tertiary/aromatic N) is 2. The highest BCUT2D eigenvalue weighted by atomic mass is 16.2. The lowest BCUT2D eigenvalue weighted by Gasteiger charge is -2.31.